The Morgan fingerprint density at radius 1 is 1.10 bits per heavy atom. The van der Waals surface area contributed by atoms with Crippen molar-refractivity contribution in [3.05, 3.63) is 71.5 Å². The van der Waals surface area contributed by atoms with E-state index in [0.29, 0.717) is 24.3 Å². The van der Waals surface area contributed by atoms with Crippen LogP contribution < -0.4 is 5.32 Å². The van der Waals surface area contributed by atoms with Crippen LogP contribution in [-0.4, -0.2) is 35.1 Å². The fourth-order valence-electron chi connectivity index (χ4n) is 3.00. The zero-order chi connectivity index (χ0) is 21.8. The van der Waals surface area contributed by atoms with Crippen molar-refractivity contribution >= 4 is 23.6 Å². The van der Waals surface area contributed by atoms with Crippen LogP contribution >= 0.6 is 11.8 Å². The lowest BCUT2D eigenvalue weighted by Crippen LogP contribution is -2.48. The maximum Gasteiger partial charge on any atom is 0.242 e. The Hall–Kier alpha value is -2.34. The summed E-state index contributed by atoms with van der Waals surface area (Å²) in [4.78, 5) is 27.0. The first-order chi connectivity index (χ1) is 14.5. The first kappa shape index (κ1) is 23.9. The van der Waals surface area contributed by atoms with Crippen molar-refractivity contribution in [3.63, 3.8) is 0 Å². The van der Waals surface area contributed by atoms with E-state index in [1.807, 2.05) is 18.2 Å². The molecule has 0 spiro atoms. The second-order valence-electron chi connectivity index (χ2n) is 7.22. The number of halogens is 1. The lowest BCUT2D eigenvalue weighted by molar-refractivity contribution is -0.140. The van der Waals surface area contributed by atoms with Gasteiger partial charge in [0.15, 0.2) is 0 Å². The molecule has 0 radical (unpaired) electrons. The average molecular weight is 431 g/mol. The van der Waals surface area contributed by atoms with Crippen molar-refractivity contribution in [3.8, 4) is 0 Å². The first-order valence-electron chi connectivity index (χ1n) is 10.4. The van der Waals surface area contributed by atoms with Crippen LogP contribution in [0.2, 0.25) is 0 Å². The van der Waals surface area contributed by atoms with Crippen molar-refractivity contribution < 1.29 is 14.0 Å². The van der Waals surface area contributed by atoms with Crippen LogP contribution in [0.5, 0.6) is 0 Å². The molecule has 0 aliphatic heterocycles. The van der Waals surface area contributed by atoms with Crippen molar-refractivity contribution in [1.29, 1.82) is 0 Å². The number of nitrogens with zero attached hydrogens (tertiary/aromatic N) is 1. The van der Waals surface area contributed by atoms with E-state index in [1.54, 1.807) is 36.9 Å². The molecule has 2 amide bonds. The van der Waals surface area contributed by atoms with Gasteiger partial charge < -0.3 is 10.2 Å². The molecular weight excluding hydrogens is 399 g/mol. The Morgan fingerprint density at radius 3 is 2.50 bits per heavy atom. The Bertz CT molecular complexity index is 801. The smallest absolute Gasteiger partial charge is 0.242 e. The third-order valence-corrected chi connectivity index (χ3v) is 5.90. The summed E-state index contributed by atoms with van der Waals surface area (Å²) in [7, 11) is 0. The van der Waals surface area contributed by atoms with Gasteiger partial charge in [-0.05, 0) is 25.0 Å². The molecule has 0 bridgehead atoms. The van der Waals surface area contributed by atoms with Gasteiger partial charge in [0, 0.05) is 36.6 Å². The molecule has 4 nitrogen and oxygen atoms in total. The molecule has 30 heavy (non-hydrogen) atoms. The summed E-state index contributed by atoms with van der Waals surface area (Å²) in [5.41, 5.74) is 1.62. The van der Waals surface area contributed by atoms with Crippen LogP contribution in [0.15, 0.2) is 54.6 Å². The lowest BCUT2D eigenvalue weighted by Gasteiger charge is -2.29. The number of carbonyl (C=O) groups is 2. The van der Waals surface area contributed by atoms with Crippen LogP contribution in [0.25, 0.3) is 0 Å². The van der Waals surface area contributed by atoms with E-state index < -0.39 is 6.04 Å². The molecule has 0 saturated carbocycles. The number of amides is 2. The van der Waals surface area contributed by atoms with Crippen LogP contribution in [0.3, 0.4) is 0 Å². The van der Waals surface area contributed by atoms with Gasteiger partial charge in [-0.1, -0.05) is 61.9 Å². The Balaban J connectivity index is 1.98. The highest BCUT2D eigenvalue weighted by Crippen LogP contribution is 2.17. The molecule has 0 saturated heterocycles. The second-order valence-corrected chi connectivity index (χ2v) is 8.33. The zero-order valence-corrected chi connectivity index (χ0v) is 18.6. The topological polar surface area (TPSA) is 49.4 Å². The summed E-state index contributed by atoms with van der Waals surface area (Å²) in [6.07, 6.45) is 2.17. The minimum absolute atomic E-state index is 0.0806. The molecule has 0 heterocycles. The maximum atomic E-state index is 14.2. The minimum atomic E-state index is -0.659. The van der Waals surface area contributed by atoms with Crippen molar-refractivity contribution in [1.82, 2.24) is 10.2 Å². The lowest BCUT2D eigenvalue weighted by atomic mass is 10.1. The molecule has 1 unspecified atom stereocenters. The van der Waals surface area contributed by atoms with E-state index in [0.717, 1.165) is 18.6 Å². The van der Waals surface area contributed by atoms with E-state index in [4.69, 9.17) is 0 Å². The molecule has 2 aromatic rings. The number of nitrogens with one attached hydrogen (secondary N) is 1. The summed E-state index contributed by atoms with van der Waals surface area (Å²) in [6.45, 7) is 4.42. The number of rotatable bonds is 12. The molecular formula is C24H31FN2O2S. The van der Waals surface area contributed by atoms with Crippen LogP contribution in [0, 0.1) is 5.82 Å². The summed E-state index contributed by atoms with van der Waals surface area (Å²) in [6, 6.07) is 15.8. The molecule has 0 aliphatic rings. The highest BCUT2D eigenvalue weighted by atomic mass is 32.2. The van der Waals surface area contributed by atoms with Gasteiger partial charge in [-0.15, -0.1) is 0 Å². The van der Waals surface area contributed by atoms with Crippen molar-refractivity contribution in [2.75, 3.05) is 12.3 Å². The summed E-state index contributed by atoms with van der Waals surface area (Å²) >= 11 is 1.68. The van der Waals surface area contributed by atoms with E-state index in [1.165, 1.54) is 16.5 Å². The van der Waals surface area contributed by atoms with Gasteiger partial charge in [0.25, 0.3) is 0 Å². The van der Waals surface area contributed by atoms with E-state index >= 15 is 0 Å². The number of hydrogen-bond acceptors (Lipinski definition) is 3. The Labute approximate surface area is 183 Å². The Morgan fingerprint density at radius 2 is 1.80 bits per heavy atom. The quantitative estimate of drug-likeness (QED) is 0.493. The van der Waals surface area contributed by atoms with Gasteiger partial charge in [-0.3, -0.25) is 9.59 Å². The molecule has 2 rings (SSSR count). The van der Waals surface area contributed by atoms with E-state index in [9.17, 15) is 14.0 Å². The number of carbonyl (C=O) groups excluding carboxylic acids is 2. The van der Waals surface area contributed by atoms with Gasteiger partial charge in [-0.2, -0.15) is 11.8 Å². The second kappa shape index (κ2) is 13.1. The zero-order valence-electron chi connectivity index (χ0n) is 17.8. The summed E-state index contributed by atoms with van der Waals surface area (Å²) < 4.78 is 14.2. The largest absolute Gasteiger partial charge is 0.354 e. The maximum absolute atomic E-state index is 14.2. The van der Waals surface area contributed by atoms with Crippen molar-refractivity contribution in [2.24, 2.45) is 0 Å². The molecule has 6 heteroatoms. The standard InChI is InChI=1S/C24H31FN2O2S/c1-3-4-15-26-24(29)19(2)27(17-21-12-8-9-13-22(21)25)23(28)14-16-30-18-20-10-6-5-7-11-20/h5-13,19H,3-4,14-18H2,1-2H3,(H,26,29). The van der Waals surface area contributed by atoms with Crippen molar-refractivity contribution in [2.45, 2.75) is 51.4 Å². The summed E-state index contributed by atoms with van der Waals surface area (Å²) in [5, 5.41) is 2.88. The van der Waals surface area contributed by atoms with Gasteiger partial charge in [0.1, 0.15) is 11.9 Å². The molecule has 0 aliphatic carbocycles. The van der Waals surface area contributed by atoms with Gasteiger partial charge in [-0.25, -0.2) is 4.39 Å². The first-order valence-corrected chi connectivity index (χ1v) is 11.6. The number of benzene rings is 2. The SMILES string of the molecule is CCCCNC(=O)C(C)N(Cc1ccccc1F)C(=O)CCSCc1ccccc1. The fraction of sp³-hybridized carbons (Fsp3) is 0.417. The van der Waals surface area contributed by atoms with Crippen LogP contribution in [-0.2, 0) is 21.9 Å². The van der Waals surface area contributed by atoms with Gasteiger partial charge >= 0.3 is 0 Å². The molecule has 0 aromatic heterocycles. The van der Waals surface area contributed by atoms with Crippen LogP contribution in [0.4, 0.5) is 4.39 Å². The minimum Gasteiger partial charge on any atom is -0.354 e. The van der Waals surface area contributed by atoms with Gasteiger partial charge in [0.05, 0.1) is 0 Å². The molecule has 1 atom stereocenters. The Kier molecular flexibility index (Phi) is 10.4. The molecule has 1 N–H and O–H groups in total. The monoisotopic (exact) mass is 430 g/mol. The fourth-order valence-corrected chi connectivity index (χ4v) is 3.89. The molecule has 2 aromatic carbocycles. The normalized spacial score (nSPS) is 11.7. The highest BCUT2D eigenvalue weighted by molar-refractivity contribution is 7.98. The third-order valence-electron chi connectivity index (χ3n) is 4.87. The number of thioether (sulfide) groups is 1. The predicted octanol–water partition coefficient (Wildman–Crippen LogP) is 4.78. The highest BCUT2D eigenvalue weighted by Gasteiger charge is 2.26. The van der Waals surface area contributed by atoms with E-state index in [2.05, 4.69) is 24.4 Å². The van der Waals surface area contributed by atoms with E-state index in [-0.39, 0.29) is 24.2 Å². The number of unbranched alkanes of at least 4 members (excludes halogenated alkanes) is 1. The molecule has 0 fully saturated rings. The van der Waals surface area contributed by atoms with Gasteiger partial charge in [0.2, 0.25) is 11.8 Å². The van der Waals surface area contributed by atoms with Crippen LogP contribution in [0.1, 0.15) is 44.2 Å². The number of hydrogen-bond donors (Lipinski definition) is 1. The predicted molar refractivity (Wildman–Crippen MR) is 122 cm³/mol. The molecule has 162 valence electrons. The third kappa shape index (κ3) is 7.82. The summed E-state index contributed by atoms with van der Waals surface area (Å²) in [5.74, 6) is 0.759. The average Bonchev–Trinajstić information content (AvgIpc) is 2.76.